The third-order valence-corrected chi connectivity index (χ3v) is 3.05. The van der Waals surface area contributed by atoms with Crippen molar-refractivity contribution in [2.75, 3.05) is 13.9 Å². The van der Waals surface area contributed by atoms with Crippen molar-refractivity contribution in [2.45, 2.75) is 0 Å². The Kier molecular flexibility index (Phi) is 4.74. The Morgan fingerprint density at radius 2 is 2.26 bits per heavy atom. The Labute approximate surface area is 123 Å². The zero-order valence-electron chi connectivity index (χ0n) is 9.91. The number of hydrogen-bond acceptors (Lipinski definition) is 3. The van der Waals surface area contributed by atoms with E-state index in [0.717, 1.165) is 0 Å². The molecule has 0 aliphatic rings. The van der Waals surface area contributed by atoms with Crippen molar-refractivity contribution >= 4 is 27.5 Å². The zero-order chi connectivity index (χ0) is 13.8. The Bertz CT molecular complexity index is 595. The lowest BCUT2D eigenvalue weighted by Gasteiger charge is -2.12. The van der Waals surface area contributed by atoms with Crippen LogP contribution in [0.4, 0.5) is 4.39 Å². The molecule has 0 N–H and O–H groups in total. The van der Waals surface area contributed by atoms with Crippen LogP contribution in [0.25, 0.3) is 11.1 Å². The SMILES string of the molecule is COCOc1c(-c2cc[c]c(Cl)c2)cc(F)nc1Br. The predicted octanol–water partition coefficient (Wildman–Crippen LogP) is 4.09. The summed E-state index contributed by atoms with van der Waals surface area (Å²) >= 11 is 9.06. The van der Waals surface area contributed by atoms with Crippen LogP contribution in [-0.2, 0) is 4.74 Å². The summed E-state index contributed by atoms with van der Waals surface area (Å²) < 4.78 is 24.0. The van der Waals surface area contributed by atoms with Crippen molar-refractivity contribution in [3.63, 3.8) is 0 Å². The Morgan fingerprint density at radius 3 is 2.95 bits per heavy atom. The third kappa shape index (κ3) is 3.43. The molecule has 0 saturated carbocycles. The highest BCUT2D eigenvalue weighted by Gasteiger charge is 2.14. The van der Waals surface area contributed by atoms with Gasteiger partial charge >= 0.3 is 0 Å². The summed E-state index contributed by atoms with van der Waals surface area (Å²) in [5.41, 5.74) is 1.24. The summed E-state index contributed by atoms with van der Waals surface area (Å²) in [4.78, 5) is 3.66. The number of hydrogen-bond donors (Lipinski definition) is 0. The van der Waals surface area contributed by atoms with Gasteiger partial charge in [0.1, 0.15) is 0 Å². The molecule has 0 unspecified atom stereocenters. The van der Waals surface area contributed by atoms with Crippen LogP contribution in [-0.4, -0.2) is 18.9 Å². The number of rotatable bonds is 4. The Morgan fingerprint density at radius 1 is 1.47 bits per heavy atom. The molecule has 0 aliphatic heterocycles. The Balaban J connectivity index is 2.53. The highest BCUT2D eigenvalue weighted by atomic mass is 79.9. The largest absolute Gasteiger partial charge is 0.464 e. The quantitative estimate of drug-likeness (QED) is 0.618. The fourth-order valence-corrected chi connectivity index (χ4v) is 2.23. The van der Waals surface area contributed by atoms with E-state index in [9.17, 15) is 4.39 Å². The van der Waals surface area contributed by atoms with Gasteiger partial charge in [0, 0.05) is 29.8 Å². The number of pyridine rings is 1. The van der Waals surface area contributed by atoms with Gasteiger partial charge in [-0.05, 0) is 27.6 Å². The molecule has 1 radical (unpaired) electrons. The van der Waals surface area contributed by atoms with Crippen LogP contribution in [0.15, 0.2) is 28.9 Å². The van der Waals surface area contributed by atoms with Gasteiger partial charge in [0.25, 0.3) is 0 Å². The monoisotopic (exact) mass is 344 g/mol. The maximum atomic E-state index is 13.4. The predicted molar refractivity (Wildman–Crippen MR) is 73.7 cm³/mol. The van der Waals surface area contributed by atoms with E-state index < -0.39 is 5.95 Å². The van der Waals surface area contributed by atoms with Crippen molar-refractivity contribution in [2.24, 2.45) is 0 Å². The molecular weight excluding hydrogens is 337 g/mol. The minimum Gasteiger partial charge on any atom is -0.464 e. The van der Waals surface area contributed by atoms with E-state index in [0.29, 0.717) is 21.9 Å². The molecule has 1 aromatic carbocycles. The first-order valence-corrected chi connectivity index (χ1v) is 6.44. The second kappa shape index (κ2) is 6.32. The molecule has 19 heavy (non-hydrogen) atoms. The Hall–Kier alpha value is -1.17. The molecule has 0 aliphatic carbocycles. The van der Waals surface area contributed by atoms with E-state index in [1.165, 1.54) is 13.2 Å². The number of methoxy groups -OCH3 is 1. The molecule has 99 valence electrons. The molecule has 6 heteroatoms. The molecule has 0 fully saturated rings. The molecule has 0 spiro atoms. The normalized spacial score (nSPS) is 10.5. The van der Waals surface area contributed by atoms with E-state index in [1.54, 1.807) is 18.2 Å². The van der Waals surface area contributed by atoms with E-state index in [1.807, 2.05) is 0 Å². The van der Waals surface area contributed by atoms with E-state index in [2.05, 4.69) is 27.0 Å². The molecular formula is C13H9BrClFNO2. The van der Waals surface area contributed by atoms with Gasteiger partial charge in [-0.25, -0.2) is 4.98 Å². The molecule has 0 atom stereocenters. The van der Waals surface area contributed by atoms with Gasteiger partial charge in [-0.15, -0.1) is 0 Å². The topological polar surface area (TPSA) is 31.4 Å². The summed E-state index contributed by atoms with van der Waals surface area (Å²) in [5, 5.41) is 0.434. The molecule has 3 nitrogen and oxygen atoms in total. The van der Waals surface area contributed by atoms with Crippen molar-refractivity contribution in [3.8, 4) is 16.9 Å². The lowest BCUT2D eigenvalue weighted by molar-refractivity contribution is 0.0505. The molecule has 1 aromatic heterocycles. The van der Waals surface area contributed by atoms with Crippen LogP contribution in [0.2, 0.25) is 5.02 Å². The van der Waals surface area contributed by atoms with Gasteiger partial charge in [0.05, 0.1) is 0 Å². The smallest absolute Gasteiger partial charge is 0.214 e. The van der Waals surface area contributed by atoms with Gasteiger partial charge in [0.15, 0.2) is 17.1 Å². The molecule has 1 heterocycles. The van der Waals surface area contributed by atoms with Crippen LogP contribution in [0, 0.1) is 12.0 Å². The van der Waals surface area contributed by atoms with Gasteiger partial charge < -0.3 is 9.47 Å². The van der Waals surface area contributed by atoms with Crippen molar-refractivity contribution in [1.82, 2.24) is 4.98 Å². The summed E-state index contributed by atoms with van der Waals surface area (Å²) in [6.45, 7) is 0.0333. The fourth-order valence-electron chi connectivity index (χ4n) is 1.55. The molecule has 0 amide bonds. The number of ether oxygens (including phenoxy) is 2. The second-order valence-corrected chi connectivity index (χ2v) is 4.75. The van der Waals surface area contributed by atoms with E-state index in [-0.39, 0.29) is 11.4 Å². The highest BCUT2D eigenvalue weighted by Crippen LogP contribution is 2.36. The molecule has 0 saturated heterocycles. The van der Waals surface area contributed by atoms with Crippen LogP contribution >= 0.6 is 27.5 Å². The van der Waals surface area contributed by atoms with Crippen molar-refractivity contribution in [1.29, 1.82) is 0 Å². The average Bonchev–Trinajstić information content (AvgIpc) is 2.37. The first-order chi connectivity index (χ1) is 9.11. The number of aromatic nitrogens is 1. The maximum Gasteiger partial charge on any atom is 0.214 e. The summed E-state index contributed by atoms with van der Waals surface area (Å²) in [6.07, 6.45) is 0. The molecule has 0 bridgehead atoms. The minimum atomic E-state index is -0.615. The van der Waals surface area contributed by atoms with Crippen LogP contribution in [0.1, 0.15) is 0 Å². The average molecular weight is 346 g/mol. The van der Waals surface area contributed by atoms with Gasteiger partial charge in [-0.3, -0.25) is 0 Å². The molecule has 2 rings (SSSR count). The van der Waals surface area contributed by atoms with E-state index in [4.69, 9.17) is 21.1 Å². The van der Waals surface area contributed by atoms with Crippen molar-refractivity contribution in [3.05, 3.63) is 45.9 Å². The van der Waals surface area contributed by atoms with Crippen LogP contribution in [0.5, 0.6) is 5.75 Å². The minimum absolute atomic E-state index is 0.0333. The maximum absolute atomic E-state index is 13.4. The lowest BCUT2D eigenvalue weighted by atomic mass is 10.1. The first-order valence-electron chi connectivity index (χ1n) is 5.27. The van der Waals surface area contributed by atoms with Crippen LogP contribution in [0.3, 0.4) is 0 Å². The number of benzene rings is 1. The van der Waals surface area contributed by atoms with Gasteiger partial charge in [0.2, 0.25) is 5.95 Å². The molecule has 2 aromatic rings. The highest BCUT2D eigenvalue weighted by molar-refractivity contribution is 9.10. The zero-order valence-corrected chi connectivity index (χ0v) is 12.3. The standard InChI is InChI=1S/C13H9BrClFNO2/c1-18-7-19-12-10(6-11(16)17-13(12)14)8-3-2-4-9(15)5-8/h2-3,5-6H,7H2,1H3. The van der Waals surface area contributed by atoms with Gasteiger partial charge in [-0.1, -0.05) is 23.7 Å². The summed E-state index contributed by atoms with van der Waals surface area (Å²) in [7, 11) is 1.50. The van der Waals surface area contributed by atoms with E-state index >= 15 is 0 Å². The van der Waals surface area contributed by atoms with Crippen molar-refractivity contribution < 1.29 is 13.9 Å². The number of nitrogens with zero attached hydrogens (tertiary/aromatic N) is 1. The third-order valence-electron chi connectivity index (χ3n) is 2.30. The number of halogens is 3. The summed E-state index contributed by atoms with van der Waals surface area (Å²) in [6, 6.07) is 9.17. The summed E-state index contributed by atoms with van der Waals surface area (Å²) in [5.74, 6) is -0.221. The second-order valence-electron chi connectivity index (χ2n) is 3.59. The first kappa shape index (κ1) is 14.2. The van der Waals surface area contributed by atoms with Crippen LogP contribution < -0.4 is 4.74 Å². The fraction of sp³-hybridized carbons (Fsp3) is 0.154. The lowest BCUT2D eigenvalue weighted by Crippen LogP contribution is -2.03. The van der Waals surface area contributed by atoms with Gasteiger partial charge in [-0.2, -0.15) is 4.39 Å².